The second-order valence-corrected chi connectivity index (χ2v) is 7.61. The van der Waals surface area contributed by atoms with Gasteiger partial charge in [-0.15, -0.1) is 0 Å². The summed E-state index contributed by atoms with van der Waals surface area (Å²) in [7, 11) is -2.35. The Balaban J connectivity index is 0.00000400. The first kappa shape index (κ1) is 22.2. The van der Waals surface area contributed by atoms with Crippen molar-refractivity contribution >= 4 is 8.25 Å². The molecule has 1 aliphatic heterocycles. The van der Waals surface area contributed by atoms with E-state index in [0.29, 0.717) is 30.5 Å². The van der Waals surface area contributed by atoms with Crippen molar-refractivity contribution in [3.05, 3.63) is 0 Å². The van der Waals surface area contributed by atoms with Gasteiger partial charge in [-0.05, 0) is 51.4 Å². The van der Waals surface area contributed by atoms with E-state index in [-0.39, 0.29) is 44.9 Å². The molecule has 0 amide bonds. The topological polar surface area (TPSA) is 44.8 Å². The van der Waals surface area contributed by atoms with E-state index < -0.39 is 8.25 Å². The van der Waals surface area contributed by atoms with Gasteiger partial charge in [0.25, 0.3) is 0 Å². The molecule has 4 nitrogen and oxygen atoms in total. The molecule has 0 N–H and O–H groups in total. The SMILES string of the molecule is CC(C)CC1[C@@H](CCO[PH](=O)OC(C)C)O[C@@H](C)[C@H]1C.[Y]. The number of hydrogen-bond acceptors (Lipinski definition) is 4. The van der Waals surface area contributed by atoms with Gasteiger partial charge < -0.3 is 13.8 Å². The Hall–Kier alpha value is 1.21. The molecule has 1 heterocycles. The molecule has 0 aromatic heterocycles. The van der Waals surface area contributed by atoms with E-state index in [1.165, 1.54) is 6.42 Å². The smallest absolute Gasteiger partial charge is 0.319 e. The third-order valence-electron chi connectivity index (χ3n) is 3.98. The van der Waals surface area contributed by atoms with Gasteiger partial charge in [-0.3, -0.25) is 4.57 Å². The minimum atomic E-state index is -2.35. The maximum atomic E-state index is 11.5. The largest absolute Gasteiger partial charge is 0.375 e. The van der Waals surface area contributed by atoms with Crippen LogP contribution in [0.15, 0.2) is 0 Å². The molecule has 0 aromatic carbocycles. The van der Waals surface area contributed by atoms with Gasteiger partial charge in [-0.2, -0.15) is 0 Å². The van der Waals surface area contributed by atoms with Crippen molar-refractivity contribution in [2.24, 2.45) is 17.8 Å². The van der Waals surface area contributed by atoms with Crippen molar-refractivity contribution in [3.8, 4) is 0 Å². The molecule has 1 saturated heterocycles. The van der Waals surface area contributed by atoms with Crippen LogP contribution in [0, 0.1) is 17.8 Å². The van der Waals surface area contributed by atoms with Crippen molar-refractivity contribution in [2.45, 2.75) is 72.7 Å². The third-order valence-corrected chi connectivity index (χ3v) is 5.08. The Morgan fingerprint density at radius 2 is 1.81 bits per heavy atom. The molecular weight excluding hydrogens is 364 g/mol. The Bertz CT molecular complexity index is 312. The quantitative estimate of drug-likeness (QED) is 0.576. The van der Waals surface area contributed by atoms with Crippen LogP contribution >= 0.6 is 8.25 Å². The average Bonchev–Trinajstić information content (AvgIpc) is 2.55. The fourth-order valence-electron chi connectivity index (χ4n) is 2.87. The molecule has 0 spiro atoms. The Kier molecular flexibility index (Phi) is 11.5. The van der Waals surface area contributed by atoms with Crippen LogP contribution in [0.2, 0.25) is 0 Å². The van der Waals surface area contributed by atoms with Crippen molar-refractivity contribution in [1.29, 1.82) is 0 Å². The zero-order chi connectivity index (χ0) is 15.3. The minimum Gasteiger partial charge on any atom is -0.375 e. The summed E-state index contributed by atoms with van der Waals surface area (Å²) in [5, 5.41) is 0. The monoisotopic (exact) mass is 395 g/mol. The maximum Gasteiger partial charge on any atom is 0.319 e. The molecule has 6 heteroatoms. The van der Waals surface area contributed by atoms with E-state index in [1.807, 2.05) is 13.8 Å². The van der Waals surface area contributed by atoms with Gasteiger partial charge in [-0.1, -0.05) is 20.8 Å². The Labute approximate surface area is 155 Å². The van der Waals surface area contributed by atoms with Gasteiger partial charge in [0.05, 0.1) is 24.9 Å². The van der Waals surface area contributed by atoms with Gasteiger partial charge in [0.1, 0.15) is 0 Å². The van der Waals surface area contributed by atoms with E-state index in [9.17, 15) is 4.57 Å². The van der Waals surface area contributed by atoms with Crippen molar-refractivity contribution in [3.63, 3.8) is 0 Å². The van der Waals surface area contributed by atoms with E-state index in [4.69, 9.17) is 13.8 Å². The summed E-state index contributed by atoms with van der Waals surface area (Å²) >= 11 is 0. The normalized spacial score (nSPS) is 30.7. The van der Waals surface area contributed by atoms with Crippen LogP contribution in [0.1, 0.15) is 54.4 Å². The van der Waals surface area contributed by atoms with Crippen LogP contribution < -0.4 is 0 Å². The molecule has 1 rings (SSSR count). The van der Waals surface area contributed by atoms with Gasteiger partial charge >= 0.3 is 8.25 Å². The van der Waals surface area contributed by atoms with E-state index in [2.05, 4.69) is 27.7 Å². The average molecular weight is 395 g/mol. The molecule has 1 radical (unpaired) electrons. The standard InChI is InChI=1S/C15H31O4P.Y/c1-10(2)9-14-12(5)13(6)18-15(14)7-8-17-20(16)19-11(3)4;/h10-15,20H,7-9H2,1-6H3;/t12-,13+,14?,15-;/m1./s1. The second-order valence-electron chi connectivity index (χ2n) is 6.59. The van der Waals surface area contributed by atoms with Crippen LogP contribution in [0.4, 0.5) is 0 Å². The second kappa shape index (κ2) is 10.9. The summed E-state index contributed by atoms with van der Waals surface area (Å²) in [5.74, 6) is 1.82. The summed E-state index contributed by atoms with van der Waals surface area (Å²) in [6.07, 6.45) is 2.43. The van der Waals surface area contributed by atoms with E-state index in [1.54, 1.807) is 0 Å². The molecular formula is C15H31O4PY. The molecule has 2 unspecified atom stereocenters. The molecule has 0 aromatic rings. The van der Waals surface area contributed by atoms with Gasteiger partial charge in [0.2, 0.25) is 0 Å². The van der Waals surface area contributed by atoms with E-state index in [0.717, 1.165) is 6.42 Å². The minimum absolute atomic E-state index is 0. The van der Waals surface area contributed by atoms with Crippen molar-refractivity contribution in [2.75, 3.05) is 6.61 Å². The van der Waals surface area contributed by atoms with Gasteiger partial charge in [0.15, 0.2) is 0 Å². The van der Waals surface area contributed by atoms with Gasteiger partial charge in [0, 0.05) is 32.7 Å². The summed E-state index contributed by atoms with van der Waals surface area (Å²) in [6.45, 7) is 13.1. The molecule has 21 heavy (non-hydrogen) atoms. The summed E-state index contributed by atoms with van der Waals surface area (Å²) in [5.41, 5.74) is 0. The maximum absolute atomic E-state index is 11.5. The van der Waals surface area contributed by atoms with E-state index >= 15 is 0 Å². The Morgan fingerprint density at radius 3 is 2.33 bits per heavy atom. The van der Waals surface area contributed by atoms with Crippen molar-refractivity contribution in [1.82, 2.24) is 0 Å². The Morgan fingerprint density at radius 1 is 1.19 bits per heavy atom. The van der Waals surface area contributed by atoms with Crippen LogP contribution in [0.5, 0.6) is 0 Å². The summed E-state index contributed by atoms with van der Waals surface area (Å²) < 4.78 is 28.0. The molecule has 0 aliphatic carbocycles. The zero-order valence-corrected chi connectivity index (χ0v) is 18.1. The van der Waals surface area contributed by atoms with Crippen LogP contribution in [-0.2, 0) is 51.1 Å². The van der Waals surface area contributed by atoms with Crippen LogP contribution in [0.3, 0.4) is 0 Å². The van der Waals surface area contributed by atoms with Crippen LogP contribution in [-0.4, -0.2) is 24.9 Å². The molecule has 1 fully saturated rings. The van der Waals surface area contributed by atoms with Gasteiger partial charge in [-0.25, -0.2) is 0 Å². The fourth-order valence-corrected chi connectivity index (χ4v) is 3.60. The molecule has 0 bridgehead atoms. The molecule has 5 atom stereocenters. The molecule has 0 saturated carbocycles. The van der Waals surface area contributed by atoms with Crippen LogP contribution in [0.25, 0.3) is 0 Å². The summed E-state index contributed by atoms with van der Waals surface area (Å²) in [6, 6.07) is 0. The molecule has 1 aliphatic rings. The zero-order valence-electron chi connectivity index (χ0n) is 14.3. The molecule has 123 valence electrons. The number of ether oxygens (including phenoxy) is 1. The summed E-state index contributed by atoms with van der Waals surface area (Å²) in [4.78, 5) is 0. The third kappa shape index (κ3) is 8.04. The predicted octanol–water partition coefficient (Wildman–Crippen LogP) is 4.29. The first-order chi connectivity index (χ1) is 9.31. The number of rotatable bonds is 8. The predicted molar refractivity (Wildman–Crippen MR) is 82.2 cm³/mol. The van der Waals surface area contributed by atoms with Crippen molar-refractivity contribution < 1.29 is 51.1 Å². The first-order valence-corrected chi connectivity index (χ1v) is 9.02. The number of hydrogen-bond donors (Lipinski definition) is 0. The first-order valence-electron chi connectivity index (χ1n) is 7.80. The fraction of sp³-hybridized carbons (Fsp3) is 1.00.